The first kappa shape index (κ1) is 18.0. The molecule has 0 radical (unpaired) electrons. The molecule has 1 rings (SSSR count). The molecule has 0 heterocycles. The average molecular weight is 293 g/mol. The molecule has 3 nitrogen and oxygen atoms in total. The van der Waals surface area contributed by atoms with Crippen molar-refractivity contribution >= 4 is 0 Å². The standard InChI is InChI=1S/C18H31NO2/c1-7-10-19-16(12-20-6)13-21-17-9-8-15(11-14(17)2)18(3,4)5/h8-9,11,16,19H,7,10,12-13H2,1-6H3. The molecule has 0 saturated heterocycles. The van der Waals surface area contributed by atoms with Crippen molar-refractivity contribution < 1.29 is 9.47 Å². The topological polar surface area (TPSA) is 30.5 Å². The zero-order chi connectivity index (χ0) is 15.9. The summed E-state index contributed by atoms with van der Waals surface area (Å²) in [4.78, 5) is 0. The van der Waals surface area contributed by atoms with E-state index in [-0.39, 0.29) is 11.5 Å². The lowest BCUT2D eigenvalue weighted by Crippen LogP contribution is -2.38. The van der Waals surface area contributed by atoms with Gasteiger partial charge in [-0.1, -0.05) is 39.8 Å². The van der Waals surface area contributed by atoms with Crippen LogP contribution in [0.5, 0.6) is 5.75 Å². The monoisotopic (exact) mass is 293 g/mol. The Kier molecular flexibility index (Phi) is 7.20. The minimum absolute atomic E-state index is 0.171. The van der Waals surface area contributed by atoms with Gasteiger partial charge in [-0.3, -0.25) is 0 Å². The van der Waals surface area contributed by atoms with E-state index in [1.807, 2.05) is 0 Å². The van der Waals surface area contributed by atoms with Crippen molar-refractivity contribution in [2.75, 3.05) is 26.9 Å². The molecular weight excluding hydrogens is 262 g/mol. The molecule has 0 aliphatic carbocycles. The van der Waals surface area contributed by atoms with Gasteiger partial charge in [-0.2, -0.15) is 0 Å². The lowest BCUT2D eigenvalue weighted by molar-refractivity contribution is 0.136. The van der Waals surface area contributed by atoms with Gasteiger partial charge in [-0.15, -0.1) is 0 Å². The van der Waals surface area contributed by atoms with E-state index in [1.165, 1.54) is 11.1 Å². The van der Waals surface area contributed by atoms with E-state index in [0.29, 0.717) is 13.2 Å². The van der Waals surface area contributed by atoms with E-state index in [0.717, 1.165) is 18.7 Å². The summed E-state index contributed by atoms with van der Waals surface area (Å²) in [5.74, 6) is 0.961. The summed E-state index contributed by atoms with van der Waals surface area (Å²) in [5.41, 5.74) is 2.70. The lowest BCUT2D eigenvalue weighted by atomic mass is 9.86. The van der Waals surface area contributed by atoms with Crippen molar-refractivity contribution in [1.29, 1.82) is 0 Å². The van der Waals surface area contributed by atoms with Crippen LogP contribution in [0.3, 0.4) is 0 Å². The normalized spacial score (nSPS) is 13.2. The van der Waals surface area contributed by atoms with E-state index in [1.54, 1.807) is 7.11 Å². The highest BCUT2D eigenvalue weighted by Crippen LogP contribution is 2.27. The van der Waals surface area contributed by atoms with Crippen molar-refractivity contribution in [3.8, 4) is 5.75 Å². The highest BCUT2D eigenvalue weighted by atomic mass is 16.5. The molecule has 1 unspecified atom stereocenters. The molecule has 1 atom stereocenters. The highest BCUT2D eigenvalue weighted by molar-refractivity contribution is 5.38. The third-order valence-corrected chi connectivity index (χ3v) is 3.53. The number of benzene rings is 1. The molecule has 120 valence electrons. The quantitative estimate of drug-likeness (QED) is 0.793. The Labute approximate surface area is 130 Å². The lowest BCUT2D eigenvalue weighted by Gasteiger charge is -2.22. The van der Waals surface area contributed by atoms with E-state index in [2.05, 4.69) is 58.1 Å². The van der Waals surface area contributed by atoms with Gasteiger partial charge in [0, 0.05) is 7.11 Å². The molecule has 1 aromatic rings. The number of aryl methyl sites for hydroxylation is 1. The first-order chi connectivity index (χ1) is 9.88. The molecule has 0 aliphatic heterocycles. The number of hydrogen-bond donors (Lipinski definition) is 1. The van der Waals surface area contributed by atoms with Crippen LogP contribution in [0.2, 0.25) is 0 Å². The van der Waals surface area contributed by atoms with E-state index in [4.69, 9.17) is 9.47 Å². The maximum Gasteiger partial charge on any atom is 0.122 e. The van der Waals surface area contributed by atoms with Crippen LogP contribution in [0.25, 0.3) is 0 Å². The van der Waals surface area contributed by atoms with Crippen LogP contribution in [0.4, 0.5) is 0 Å². The van der Waals surface area contributed by atoms with Gasteiger partial charge in [0.15, 0.2) is 0 Å². The van der Waals surface area contributed by atoms with Gasteiger partial charge in [-0.05, 0) is 42.5 Å². The van der Waals surface area contributed by atoms with Crippen LogP contribution in [0, 0.1) is 6.92 Å². The maximum absolute atomic E-state index is 5.97. The number of nitrogens with one attached hydrogen (secondary N) is 1. The van der Waals surface area contributed by atoms with Gasteiger partial charge in [0.1, 0.15) is 12.4 Å². The summed E-state index contributed by atoms with van der Waals surface area (Å²) >= 11 is 0. The van der Waals surface area contributed by atoms with Gasteiger partial charge < -0.3 is 14.8 Å². The van der Waals surface area contributed by atoms with Crippen LogP contribution in [0.1, 0.15) is 45.2 Å². The van der Waals surface area contributed by atoms with Crippen LogP contribution in [-0.4, -0.2) is 32.9 Å². The summed E-state index contributed by atoms with van der Waals surface area (Å²) in [5, 5.41) is 3.45. The van der Waals surface area contributed by atoms with Gasteiger partial charge in [0.05, 0.1) is 12.6 Å². The Hall–Kier alpha value is -1.06. The summed E-state index contributed by atoms with van der Waals surface area (Å²) in [6.45, 7) is 13.2. The van der Waals surface area contributed by atoms with Gasteiger partial charge >= 0.3 is 0 Å². The van der Waals surface area contributed by atoms with Crippen molar-refractivity contribution in [2.24, 2.45) is 0 Å². The van der Waals surface area contributed by atoms with Crippen molar-refractivity contribution in [1.82, 2.24) is 5.32 Å². The first-order valence-corrected chi connectivity index (χ1v) is 7.84. The van der Waals surface area contributed by atoms with Gasteiger partial charge in [-0.25, -0.2) is 0 Å². The van der Waals surface area contributed by atoms with Gasteiger partial charge in [0.25, 0.3) is 0 Å². The molecule has 0 bridgehead atoms. The smallest absolute Gasteiger partial charge is 0.122 e. The molecule has 0 saturated carbocycles. The van der Waals surface area contributed by atoms with Crippen molar-refractivity contribution in [3.63, 3.8) is 0 Å². The zero-order valence-corrected chi connectivity index (χ0v) is 14.5. The Morgan fingerprint density at radius 2 is 1.90 bits per heavy atom. The fraction of sp³-hybridized carbons (Fsp3) is 0.667. The van der Waals surface area contributed by atoms with Crippen LogP contribution < -0.4 is 10.1 Å². The largest absolute Gasteiger partial charge is 0.492 e. The SMILES string of the molecule is CCCNC(COC)COc1ccc(C(C)(C)C)cc1C. The highest BCUT2D eigenvalue weighted by Gasteiger charge is 2.15. The molecule has 0 fully saturated rings. The molecule has 1 N–H and O–H groups in total. The fourth-order valence-electron chi connectivity index (χ4n) is 2.18. The minimum Gasteiger partial charge on any atom is -0.492 e. The maximum atomic E-state index is 5.97. The summed E-state index contributed by atoms with van der Waals surface area (Å²) in [7, 11) is 1.73. The molecule has 0 amide bonds. The van der Waals surface area contributed by atoms with Gasteiger partial charge in [0.2, 0.25) is 0 Å². The molecule has 0 spiro atoms. The zero-order valence-electron chi connectivity index (χ0n) is 14.5. The van der Waals surface area contributed by atoms with E-state index >= 15 is 0 Å². The second-order valence-corrected chi connectivity index (χ2v) is 6.65. The summed E-state index contributed by atoms with van der Waals surface area (Å²) < 4.78 is 11.2. The molecular formula is C18H31NO2. The summed E-state index contributed by atoms with van der Waals surface area (Å²) in [6.07, 6.45) is 1.11. The predicted octanol–water partition coefficient (Wildman–Crippen LogP) is 3.69. The Morgan fingerprint density at radius 3 is 2.43 bits per heavy atom. The van der Waals surface area contributed by atoms with Crippen LogP contribution in [0.15, 0.2) is 18.2 Å². The predicted molar refractivity (Wildman–Crippen MR) is 89.3 cm³/mol. The van der Waals surface area contributed by atoms with Crippen molar-refractivity contribution in [2.45, 2.75) is 52.5 Å². The minimum atomic E-state index is 0.171. The Morgan fingerprint density at radius 1 is 1.19 bits per heavy atom. The van der Waals surface area contributed by atoms with E-state index in [9.17, 15) is 0 Å². The number of methoxy groups -OCH3 is 1. The third kappa shape index (κ3) is 6.06. The first-order valence-electron chi connectivity index (χ1n) is 7.84. The number of rotatable bonds is 8. The van der Waals surface area contributed by atoms with Crippen molar-refractivity contribution in [3.05, 3.63) is 29.3 Å². The number of ether oxygens (including phenoxy) is 2. The average Bonchev–Trinajstić information content (AvgIpc) is 2.42. The second-order valence-electron chi connectivity index (χ2n) is 6.65. The summed E-state index contributed by atoms with van der Waals surface area (Å²) in [6, 6.07) is 6.70. The van der Waals surface area contributed by atoms with Crippen LogP contribution >= 0.6 is 0 Å². The second kappa shape index (κ2) is 8.40. The fourth-order valence-corrected chi connectivity index (χ4v) is 2.18. The Bertz CT molecular complexity index is 424. The molecule has 21 heavy (non-hydrogen) atoms. The molecule has 3 heteroatoms. The number of hydrogen-bond acceptors (Lipinski definition) is 3. The molecule has 0 aromatic heterocycles. The molecule has 1 aromatic carbocycles. The third-order valence-electron chi connectivity index (χ3n) is 3.53. The Balaban J connectivity index is 2.65. The van der Waals surface area contributed by atoms with Crippen LogP contribution in [-0.2, 0) is 10.2 Å². The molecule has 0 aliphatic rings. The van der Waals surface area contributed by atoms with E-state index < -0.39 is 0 Å².